The van der Waals surface area contributed by atoms with Gasteiger partial charge in [0.1, 0.15) is 12.0 Å². The summed E-state index contributed by atoms with van der Waals surface area (Å²) in [6, 6.07) is 0. The van der Waals surface area contributed by atoms with Crippen molar-refractivity contribution in [2.45, 2.75) is 31.6 Å². The summed E-state index contributed by atoms with van der Waals surface area (Å²) in [4.78, 5) is 11.0. The van der Waals surface area contributed by atoms with Crippen LogP contribution in [-0.2, 0) is 18.1 Å². The van der Waals surface area contributed by atoms with Crippen LogP contribution in [0.5, 0.6) is 0 Å². The molecule has 0 saturated carbocycles. The molecule has 0 radical (unpaired) electrons. The van der Waals surface area contributed by atoms with Crippen LogP contribution in [0.1, 0.15) is 13.8 Å². The van der Waals surface area contributed by atoms with Crippen molar-refractivity contribution >= 4 is 14.8 Å². The first-order valence-corrected chi connectivity index (χ1v) is 7.13. The van der Waals surface area contributed by atoms with Gasteiger partial charge in [-0.25, -0.2) is 0 Å². The van der Waals surface area contributed by atoms with Crippen LogP contribution in [0.2, 0.25) is 5.54 Å². The highest BCUT2D eigenvalue weighted by atomic mass is 28.4. The van der Waals surface area contributed by atoms with Crippen molar-refractivity contribution in [2.24, 2.45) is 5.92 Å². The molecule has 2 rings (SSSR count). The number of carbonyl (C=O) groups is 1. The highest BCUT2D eigenvalue weighted by molar-refractivity contribution is 6.62. The molecule has 2 aliphatic rings. The second-order valence-corrected chi connectivity index (χ2v) is 7.65. The van der Waals surface area contributed by atoms with Crippen molar-refractivity contribution in [1.29, 1.82) is 0 Å². The van der Waals surface area contributed by atoms with Crippen LogP contribution in [0.3, 0.4) is 0 Å². The third-order valence-corrected chi connectivity index (χ3v) is 6.17. The van der Waals surface area contributed by atoms with E-state index in [0.29, 0.717) is 0 Å². The van der Waals surface area contributed by atoms with E-state index in [-0.39, 0.29) is 18.8 Å². The van der Waals surface area contributed by atoms with Crippen LogP contribution in [0.15, 0.2) is 0 Å². The average molecular weight is 248 g/mol. The molecule has 2 heterocycles. The lowest BCUT2D eigenvalue weighted by atomic mass is 9.99. The monoisotopic (exact) mass is 248 g/mol. The fraction of sp³-hybridized carbons (Fsp3) is 0.889. The van der Waals surface area contributed by atoms with Gasteiger partial charge in [0.05, 0.1) is 19.3 Å². The highest BCUT2D eigenvalue weighted by Gasteiger charge is 2.58. The summed E-state index contributed by atoms with van der Waals surface area (Å²) in [5.74, 6) is -1.81. The maximum Gasteiger partial charge on any atom is 0.504 e. The number of carboxylic acids is 1. The average Bonchev–Trinajstić information content (AvgIpc) is 2.23. The van der Waals surface area contributed by atoms with E-state index in [9.17, 15) is 9.90 Å². The van der Waals surface area contributed by atoms with Gasteiger partial charge in [-0.15, -0.1) is 0 Å². The number of hydrogen-bond acceptors (Lipinski definition) is 5. The third kappa shape index (κ3) is 1.78. The van der Waals surface area contributed by atoms with Crippen LogP contribution in [-0.4, -0.2) is 50.4 Å². The molecule has 92 valence electrons. The normalized spacial score (nSPS) is 43.4. The molecule has 7 heteroatoms. The fourth-order valence-corrected chi connectivity index (χ4v) is 4.68. The molecule has 16 heavy (non-hydrogen) atoms. The minimum atomic E-state index is -2.76. The summed E-state index contributed by atoms with van der Waals surface area (Å²) in [7, 11) is -2.76. The number of rotatable bonds is 2. The Morgan fingerprint density at radius 2 is 2.00 bits per heavy atom. The summed E-state index contributed by atoms with van der Waals surface area (Å²) in [6.45, 7) is 3.99. The molecule has 4 atom stereocenters. The third-order valence-electron chi connectivity index (χ3n) is 3.02. The predicted molar refractivity (Wildman–Crippen MR) is 54.8 cm³/mol. The SMILES string of the molecule is CC(C)[Si]12OCC(O)C(O1)C(C(=O)O)CO2. The standard InChI is InChI=1S/C9H16O6Si/c1-5(2)16-13-3-6(9(11)12)8(15-16)7(10)4-14-16/h5-8,10H,3-4H2,1-2H3,(H,11,12). The first-order chi connectivity index (χ1) is 7.46. The van der Waals surface area contributed by atoms with Crippen LogP contribution in [0.25, 0.3) is 0 Å². The predicted octanol–water partition coefficient (Wildman–Crippen LogP) is -0.157. The van der Waals surface area contributed by atoms with Gasteiger partial charge in [0.15, 0.2) is 0 Å². The molecule has 0 spiro atoms. The molecule has 2 fully saturated rings. The minimum Gasteiger partial charge on any atom is -0.481 e. The van der Waals surface area contributed by atoms with Crippen molar-refractivity contribution in [3.8, 4) is 0 Å². The Hall–Kier alpha value is -0.473. The second kappa shape index (κ2) is 4.08. The molecule has 2 N–H and O–H groups in total. The number of aliphatic carboxylic acids is 1. The summed E-state index contributed by atoms with van der Waals surface area (Å²) in [5, 5.41) is 18.7. The summed E-state index contributed by atoms with van der Waals surface area (Å²) >= 11 is 0. The zero-order chi connectivity index (χ0) is 11.9. The van der Waals surface area contributed by atoms with Crippen LogP contribution in [0, 0.1) is 5.92 Å². The zero-order valence-electron chi connectivity index (χ0n) is 9.25. The number of hydrogen-bond donors (Lipinski definition) is 2. The van der Waals surface area contributed by atoms with E-state index in [4.69, 9.17) is 18.4 Å². The Kier molecular flexibility index (Phi) is 3.06. The van der Waals surface area contributed by atoms with Gasteiger partial charge in [-0.05, 0) is 0 Å². The summed E-state index contributed by atoms with van der Waals surface area (Å²) in [5.41, 5.74) is 0.0669. The number of carboxylic acid groups (broad SMARTS) is 1. The topological polar surface area (TPSA) is 85.2 Å². The summed E-state index contributed by atoms with van der Waals surface area (Å²) < 4.78 is 16.6. The van der Waals surface area contributed by atoms with E-state index in [1.165, 1.54) is 0 Å². The lowest BCUT2D eigenvalue weighted by molar-refractivity contribution is -0.178. The molecule has 0 aromatic rings. The van der Waals surface area contributed by atoms with Crippen molar-refractivity contribution in [3.05, 3.63) is 0 Å². The molecular weight excluding hydrogens is 232 g/mol. The number of aliphatic hydroxyl groups excluding tert-OH is 1. The van der Waals surface area contributed by atoms with E-state index in [0.717, 1.165) is 0 Å². The maximum absolute atomic E-state index is 11.0. The lowest BCUT2D eigenvalue weighted by Crippen LogP contribution is -2.66. The zero-order valence-corrected chi connectivity index (χ0v) is 10.3. The van der Waals surface area contributed by atoms with Gasteiger partial charge in [0.25, 0.3) is 0 Å². The van der Waals surface area contributed by atoms with Crippen molar-refractivity contribution < 1.29 is 28.3 Å². The van der Waals surface area contributed by atoms with Crippen molar-refractivity contribution in [1.82, 2.24) is 0 Å². The molecule has 2 saturated heterocycles. The molecular formula is C9H16O6Si. The van der Waals surface area contributed by atoms with Gasteiger partial charge in [-0.2, -0.15) is 0 Å². The van der Waals surface area contributed by atoms with E-state index in [1.54, 1.807) is 0 Å². The maximum atomic E-state index is 11.0. The highest BCUT2D eigenvalue weighted by Crippen LogP contribution is 2.37. The van der Waals surface area contributed by atoms with Gasteiger partial charge >= 0.3 is 14.8 Å². The molecule has 4 unspecified atom stereocenters. The second-order valence-electron chi connectivity index (χ2n) is 4.47. The summed E-state index contributed by atoms with van der Waals surface area (Å²) in [6.07, 6.45) is -1.58. The largest absolute Gasteiger partial charge is 0.504 e. The Bertz CT molecular complexity index is 296. The molecule has 0 amide bonds. The van der Waals surface area contributed by atoms with Gasteiger partial charge in [0, 0.05) is 5.54 Å². The smallest absolute Gasteiger partial charge is 0.481 e. The molecule has 0 aromatic heterocycles. The Morgan fingerprint density at radius 1 is 1.38 bits per heavy atom. The lowest BCUT2D eigenvalue weighted by Gasteiger charge is -2.47. The van der Waals surface area contributed by atoms with Gasteiger partial charge in [0.2, 0.25) is 0 Å². The van der Waals surface area contributed by atoms with E-state index < -0.39 is 32.9 Å². The van der Waals surface area contributed by atoms with E-state index >= 15 is 0 Å². The fourth-order valence-electron chi connectivity index (χ4n) is 2.01. The first kappa shape index (κ1) is 12.0. The quantitative estimate of drug-likeness (QED) is 0.661. The molecule has 2 bridgehead atoms. The van der Waals surface area contributed by atoms with Crippen molar-refractivity contribution in [3.63, 3.8) is 0 Å². The first-order valence-electron chi connectivity index (χ1n) is 5.33. The van der Waals surface area contributed by atoms with Gasteiger partial charge in [-0.1, -0.05) is 13.8 Å². The Labute approximate surface area is 94.5 Å². The number of aliphatic hydroxyl groups is 1. The number of fused-ring (bicyclic) bond motifs is 2. The van der Waals surface area contributed by atoms with Crippen LogP contribution < -0.4 is 0 Å². The van der Waals surface area contributed by atoms with Crippen LogP contribution in [0.4, 0.5) is 0 Å². The van der Waals surface area contributed by atoms with Gasteiger partial charge in [-0.3, -0.25) is 4.79 Å². The van der Waals surface area contributed by atoms with Gasteiger partial charge < -0.3 is 23.5 Å². The molecule has 2 aliphatic heterocycles. The van der Waals surface area contributed by atoms with E-state index in [1.807, 2.05) is 13.8 Å². The van der Waals surface area contributed by atoms with Crippen LogP contribution >= 0.6 is 0 Å². The molecule has 0 aliphatic carbocycles. The van der Waals surface area contributed by atoms with E-state index in [2.05, 4.69) is 0 Å². The Morgan fingerprint density at radius 3 is 2.56 bits per heavy atom. The molecule has 6 nitrogen and oxygen atoms in total. The van der Waals surface area contributed by atoms with Crippen molar-refractivity contribution in [2.75, 3.05) is 13.2 Å². The molecule has 0 aromatic carbocycles. The minimum absolute atomic E-state index is 0.0570. The Balaban J connectivity index is 2.20.